The van der Waals surface area contributed by atoms with E-state index >= 15 is 0 Å². The lowest BCUT2D eigenvalue weighted by molar-refractivity contribution is 0.393. The van der Waals surface area contributed by atoms with Crippen molar-refractivity contribution in [3.63, 3.8) is 0 Å². The Hall–Kier alpha value is -3.15. The third kappa shape index (κ3) is 2.77. The summed E-state index contributed by atoms with van der Waals surface area (Å²) in [6.07, 6.45) is 5.36. The molecule has 0 aliphatic heterocycles. The van der Waals surface area contributed by atoms with Gasteiger partial charge in [0, 0.05) is 28.6 Å². The van der Waals surface area contributed by atoms with E-state index in [4.69, 9.17) is 4.52 Å². The molecule has 1 fully saturated rings. The van der Waals surface area contributed by atoms with Crippen LogP contribution in [0.25, 0.3) is 33.3 Å². The molecule has 6 nitrogen and oxygen atoms in total. The predicted molar refractivity (Wildman–Crippen MR) is 104 cm³/mol. The fourth-order valence-corrected chi connectivity index (χ4v) is 3.84. The number of benzene rings is 1. The van der Waals surface area contributed by atoms with Gasteiger partial charge in [0.2, 0.25) is 0 Å². The summed E-state index contributed by atoms with van der Waals surface area (Å²) in [6, 6.07) is 8.11. The lowest BCUT2D eigenvalue weighted by Gasteiger charge is -2.11. The summed E-state index contributed by atoms with van der Waals surface area (Å²) in [4.78, 5) is 22.5. The number of aryl methyl sites for hydroxylation is 2. The highest BCUT2D eigenvalue weighted by atomic mass is 16.5. The van der Waals surface area contributed by atoms with Crippen LogP contribution in [0.1, 0.15) is 30.0 Å². The summed E-state index contributed by atoms with van der Waals surface area (Å²) in [7, 11) is 0. The molecular weight excluding hydrogens is 340 g/mol. The fourth-order valence-electron chi connectivity index (χ4n) is 3.84. The van der Waals surface area contributed by atoms with Crippen LogP contribution in [0, 0.1) is 19.8 Å². The SMILES string of the molecule is Cc1noc(C)c1-c1cc(-c2cccnc2CC2CC2)c2[nH]c(=O)[nH]c2c1. The molecule has 3 aromatic heterocycles. The van der Waals surface area contributed by atoms with Gasteiger partial charge in [-0.1, -0.05) is 11.2 Å². The molecule has 4 aromatic rings. The van der Waals surface area contributed by atoms with Gasteiger partial charge < -0.3 is 14.5 Å². The maximum Gasteiger partial charge on any atom is 0.323 e. The van der Waals surface area contributed by atoms with Crippen LogP contribution in [0.4, 0.5) is 0 Å². The van der Waals surface area contributed by atoms with Crippen LogP contribution >= 0.6 is 0 Å². The lowest BCUT2D eigenvalue weighted by Crippen LogP contribution is -2.00. The van der Waals surface area contributed by atoms with Gasteiger partial charge in [-0.2, -0.15) is 0 Å². The van der Waals surface area contributed by atoms with Crippen LogP contribution < -0.4 is 5.69 Å². The average molecular weight is 360 g/mol. The molecular formula is C21H20N4O2. The number of nitrogens with zero attached hydrogens (tertiary/aromatic N) is 2. The van der Waals surface area contributed by atoms with Gasteiger partial charge in [0.05, 0.1) is 16.7 Å². The van der Waals surface area contributed by atoms with E-state index in [0.29, 0.717) is 0 Å². The quantitative estimate of drug-likeness (QED) is 0.572. The smallest absolute Gasteiger partial charge is 0.323 e. The molecule has 1 saturated carbocycles. The highest BCUT2D eigenvalue weighted by Crippen LogP contribution is 2.38. The van der Waals surface area contributed by atoms with Crippen molar-refractivity contribution in [1.82, 2.24) is 20.1 Å². The first-order chi connectivity index (χ1) is 13.1. The van der Waals surface area contributed by atoms with Crippen molar-refractivity contribution in [3.8, 4) is 22.3 Å². The zero-order chi connectivity index (χ0) is 18.5. The number of H-pyrrole nitrogens is 2. The molecule has 5 rings (SSSR count). The number of aromatic nitrogens is 4. The largest absolute Gasteiger partial charge is 0.361 e. The molecule has 0 bridgehead atoms. The summed E-state index contributed by atoms with van der Waals surface area (Å²) >= 11 is 0. The topological polar surface area (TPSA) is 87.6 Å². The minimum absolute atomic E-state index is 0.213. The first-order valence-electron chi connectivity index (χ1n) is 9.23. The molecule has 0 amide bonds. The van der Waals surface area contributed by atoms with E-state index in [9.17, 15) is 4.79 Å². The molecule has 0 spiro atoms. The summed E-state index contributed by atoms with van der Waals surface area (Å²) in [6.45, 7) is 3.83. The Morgan fingerprint density at radius 2 is 2.04 bits per heavy atom. The molecule has 2 N–H and O–H groups in total. The van der Waals surface area contributed by atoms with Crippen molar-refractivity contribution < 1.29 is 4.52 Å². The standard InChI is InChI=1S/C21H20N4O2/c1-11-19(12(2)27-25-11)14-9-16(20-18(10-14)23-21(26)24-20)15-4-3-7-22-17(15)8-13-5-6-13/h3-4,7,9-10,13H,5-6,8H2,1-2H3,(H2,23,24,26). The van der Waals surface area contributed by atoms with Crippen molar-refractivity contribution in [1.29, 1.82) is 0 Å². The van der Waals surface area contributed by atoms with E-state index in [1.165, 1.54) is 12.8 Å². The number of fused-ring (bicyclic) bond motifs is 1. The second-order valence-corrected chi connectivity index (χ2v) is 7.37. The molecule has 3 heterocycles. The Labute approximate surface area is 155 Å². The van der Waals surface area contributed by atoms with Gasteiger partial charge in [-0.15, -0.1) is 0 Å². The molecule has 1 aliphatic carbocycles. The number of nitrogens with one attached hydrogen (secondary N) is 2. The molecule has 0 unspecified atom stereocenters. The van der Waals surface area contributed by atoms with Gasteiger partial charge in [0.1, 0.15) is 5.76 Å². The van der Waals surface area contributed by atoms with Gasteiger partial charge in [0.25, 0.3) is 0 Å². The van der Waals surface area contributed by atoms with Crippen LogP contribution in [0.15, 0.2) is 39.8 Å². The van der Waals surface area contributed by atoms with E-state index in [-0.39, 0.29) is 5.69 Å². The second-order valence-electron chi connectivity index (χ2n) is 7.37. The summed E-state index contributed by atoms with van der Waals surface area (Å²) in [5.74, 6) is 1.49. The molecule has 1 aliphatic rings. The van der Waals surface area contributed by atoms with Crippen LogP contribution in [-0.2, 0) is 6.42 Å². The predicted octanol–water partition coefficient (Wildman–Crippen LogP) is 4.14. The maximum atomic E-state index is 12.0. The maximum absolute atomic E-state index is 12.0. The van der Waals surface area contributed by atoms with E-state index in [2.05, 4.69) is 32.2 Å². The number of aromatic amines is 2. The fraction of sp³-hybridized carbons (Fsp3) is 0.286. The van der Waals surface area contributed by atoms with E-state index in [0.717, 1.165) is 62.8 Å². The lowest BCUT2D eigenvalue weighted by atomic mass is 9.94. The highest BCUT2D eigenvalue weighted by Gasteiger charge is 2.24. The Morgan fingerprint density at radius 3 is 2.78 bits per heavy atom. The van der Waals surface area contributed by atoms with Crippen molar-refractivity contribution in [3.05, 3.63) is 58.1 Å². The van der Waals surface area contributed by atoms with Gasteiger partial charge in [-0.25, -0.2) is 4.79 Å². The van der Waals surface area contributed by atoms with Crippen LogP contribution in [0.3, 0.4) is 0 Å². The van der Waals surface area contributed by atoms with Gasteiger partial charge in [0.15, 0.2) is 0 Å². The zero-order valence-corrected chi connectivity index (χ0v) is 15.3. The van der Waals surface area contributed by atoms with Gasteiger partial charge >= 0.3 is 5.69 Å². The third-order valence-electron chi connectivity index (χ3n) is 5.31. The normalized spacial score (nSPS) is 14.1. The first-order valence-corrected chi connectivity index (χ1v) is 9.23. The Balaban J connectivity index is 1.78. The van der Waals surface area contributed by atoms with Crippen molar-refractivity contribution in [2.45, 2.75) is 33.1 Å². The average Bonchev–Trinajstić information content (AvgIpc) is 3.29. The minimum atomic E-state index is -0.213. The van der Waals surface area contributed by atoms with Gasteiger partial charge in [-0.3, -0.25) is 4.98 Å². The number of imidazole rings is 1. The van der Waals surface area contributed by atoms with Crippen LogP contribution in [-0.4, -0.2) is 20.1 Å². The monoisotopic (exact) mass is 360 g/mol. The minimum Gasteiger partial charge on any atom is -0.361 e. The third-order valence-corrected chi connectivity index (χ3v) is 5.31. The molecule has 136 valence electrons. The zero-order valence-electron chi connectivity index (χ0n) is 15.3. The van der Waals surface area contributed by atoms with Crippen molar-refractivity contribution in [2.75, 3.05) is 0 Å². The summed E-state index contributed by atoms with van der Waals surface area (Å²) in [5, 5.41) is 4.08. The van der Waals surface area contributed by atoms with Crippen LogP contribution in [0.5, 0.6) is 0 Å². The molecule has 0 saturated heterocycles. The van der Waals surface area contributed by atoms with Crippen LogP contribution in [0.2, 0.25) is 0 Å². The molecule has 1 aromatic carbocycles. The number of hydrogen-bond donors (Lipinski definition) is 2. The van der Waals surface area contributed by atoms with E-state index in [1.54, 1.807) is 0 Å². The first kappa shape index (κ1) is 16.1. The van der Waals surface area contributed by atoms with E-state index < -0.39 is 0 Å². The number of pyridine rings is 1. The Kier molecular flexibility index (Phi) is 3.53. The molecule has 0 radical (unpaired) electrons. The van der Waals surface area contributed by atoms with Crippen molar-refractivity contribution >= 4 is 11.0 Å². The summed E-state index contributed by atoms with van der Waals surface area (Å²) in [5.41, 5.74) is 7.27. The Morgan fingerprint density at radius 1 is 1.19 bits per heavy atom. The molecule has 27 heavy (non-hydrogen) atoms. The van der Waals surface area contributed by atoms with E-state index in [1.807, 2.05) is 32.2 Å². The molecule has 0 atom stereocenters. The highest BCUT2D eigenvalue weighted by molar-refractivity contribution is 5.96. The van der Waals surface area contributed by atoms with Crippen molar-refractivity contribution in [2.24, 2.45) is 5.92 Å². The summed E-state index contributed by atoms with van der Waals surface area (Å²) < 4.78 is 5.36. The Bertz CT molecular complexity index is 1190. The second kappa shape index (κ2) is 5.94. The molecule has 6 heteroatoms. The number of rotatable bonds is 4. The number of hydrogen-bond acceptors (Lipinski definition) is 4. The van der Waals surface area contributed by atoms with Gasteiger partial charge in [-0.05, 0) is 62.8 Å².